The van der Waals surface area contributed by atoms with Crippen LogP contribution in [0.4, 0.5) is 64.1 Å². The fourth-order valence-corrected chi connectivity index (χ4v) is 2.65. The first kappa shape index (κ1) is 24.9. The van der Waals surface area contributed by atoms with Crippen molar-refractivity contribution in [3.05, 3.63) is 70.1 Å². The highest BCUT2D eigenvalue weighted by Gasteiger charge is 2.57. The molecule has 2 aromatic rings. The molecule has 34 heavy (non-hydrogen) atoms. The third-order valence-corrected chi connectivity index (χ3v) is 4.39. The van der Waals surface area contributed by atoms with Crippen molar-refractivity contribution in [1.82, 2.24) is 0 Å². The molecule has 0 saturated carbocycles. The molecule has 0 amide bonds. The predicted octanol–water partition coefficient (Wildman–Crippen LogP) is 5.47. The molecule has 0 fully saturated rings. The molecule has 4 nitrogen and oxygen atoms in total. The Morgan fingerprint density at radius 2 is 0.912 bits per heavy atom. The third kappa shape index (κ3) is 3.43. The smallest absolute Gasteiger partial charge is 0.344 e. The number of hydrogen-bond donors (Lipinski definition) is 2. The van der Waals surface area contributed by atoms with E-state index in [1.54, 1.807) is 0 Å². The Balaban J connectivity index is 2.33. The van der Waals surface area contributed by atoms with Gasteiger partial charge in [-0.25, -0.2) is 35.1 Å². The van der Waals surface area contributed by atoms with E-state index in [0.29, 0.717) is 0 Å². The van der Waals surface area contributed by atoms with Gasteiger partial charge in [-0.15, -0.1) is 0 Å². The normalized spacial score (nSPS) is 17.6. The van der Waals surface area contributed by atoms with Gasteiger partial charge in [0.05, 0.1) is 0 Å². The van der Waals surface area contributed by atoms with Crippen molar-refractivity contribution in [2.45, 2.75) is 12.0 Å². The van der Waals surface area contributed by atoms with E-state index < -0.39 is 105 Å². The van der Waals surface area contributed by atoms with Crippen LogP contribution in [0.2, 0.25) is 0 Å². The van der Waals surface area contributed by atoms with Gasteiger partial charge in [0, 0.05) is 6.08 Å². The lowest BCUT2D eigenvalue weighted by Crippen LogP contribution is -2.54. The van der Waals surface area contributed by atoms with Gasteiger partial charge in [0.1, 0.15) is 11.4 Å². The van der Waals surface area contributed by atoms with Crippen molar-refractivity contribution in [2.75, 3.05) is 11.5 Å². The van der Waals surface area contributed by atoms with Crippen LogP contribution in [0.25, 0.3) is 0 Å². The summed E-state index contributed by atoms with van der Waals surface area (Å²) >= 11 is 0. The van der Waals surface area contributed by atoms with Gasteiger partial charge < -0.3 is 20.9 Å². The lowest BCUT2D eigenvalue weighted by Gasteiger charge is -2.36. The van der Waals surface area contributed by atoms with E-state index in [2.05, 4.69) is 9.47 Å². The molecule has 0 bridgehead atoms. The quantitative estimate of drug-likeness (QED) is 0.248. The lowest BCUT2D eigenvalue weighted by atomic mass is 10.0. The molecule has 0 spiro atoms. The number of rotatable bonds is 4. The van der Waals surface area contributed by atoms with E-state index in [4.69, 9.17) is 11.5 Å². The Kier molecular flexibility index (Phi) is 6.04. The molecule has 1 aliphatic carbocycles. The molecule has 184 valence electrons. The van der Waals surface area contributed by atoms with Crippen LogP contribution in [0, 0.1) is 46.5 Å². The zero-order chi connectivity index (χ0) is 25.9. The number of anilines is 2. The van der Waals surface area contributed by atoms with E-state index in [1.807, 2.05) is 0 Å². The van der Waals surface area contributed by atoms with Crippen LogP contribution in [-0.4, -0.2) is 12.0 Å². The second-order valence-electron chi connectivity index (χ2n) is 6.42. The summed E-state index contributed by atoms with van der Waals surface area (Å²) in [5.74, 6) is -37.2. The Hall–Kier alpha value is -3.72. The van der Waals surface area contributed by atoms with Crippen molar-refractivity contribution in [3.63, 3.8) is 0 Å². The molecule has 1 aliphatic rings. The molecular weight excluding hydrogens is 504 g/mol. The zero-order valence-electron chi connectivity index (χ0n) is 15.7. The maximum Gasteiger partial charge on any atom is 0.344 e. The van der Waals surface area contributed by atoms with Crippen LogP contribution >= 0.6 is 0 Å². The van der Waals surface area contributed by atoms with Crippen molar-refractivity contribution in [1.29, 1.82) is 0 Å². The van der Waals surface area contributed by atoms with Crippen molar-refractivity contribution >= 4 is 11.4 Å². The Labute approximate surface area is 179 Å². The van der Waals surface area contributed by atoms with E-state index in [9.17, 15) is 52.7 Å². The number of nitrogen functional groups attached to an aromatic ring is 2. The minimum Gasteiger partial charge on any atom is -0.437 e. The topological polar surface area (TPSA) is 70.5 Å². The molecule has 4 N–H and O–H groups in total. The molecular formula is C18H6F12N2O2. The average Bonchev–Trinajstić information content (AvgIpc) is 2.81. The van der Waals surface area contributed by atoms with Crippen molar-refractivity contribution in [2.24, 2.45) is 0 Å². The summed E-state index contributed by atoms with van der Waals surface area (Å²) in [5, 5.41) is 0. The summed E-state index contributed by atoms with van der Waals surface area (Å²) in [6, 6.07) is 0. The van der Waals surface area contributed by atoms with Gasteiger partial charge in [-0.2, -0.15) is 17.6 Å². The molecule has 0 aromatic heterocycles. The first-order valence-electron chi connectivity index (χ1n) is 8.35. The van der Waals surface area contributed by atoms with Gasteiger partial charge in [-0.1, -0.05) is 0 Å². The third-order valence-electron chi connectivity index (χ3n) is 4.39. The van der Waals surface area contributed by atoms with Crippen LogP contribution in [-0.2, 0) is 0 Å². The molecule has 16 heteroatoms. The van der Waals surface area contributed by atoms with E-state index in [1.165, 1.54) is 0 Å². The fraction of sp³-hybridized carbons (Fsp3) is 0.111. The van der Waals surface area contributed by atoms with Gasteiger partial charge in [0.2, 0.25) is 40.9 Å². The maximum absolute atomic E-state index is 14.7. The Morgan fingerprint density at radius 3 is 1.24 bits per heavy atom. The summed E-state index contributed by atoms with van der Waals surface area (Å²) in [6.07, 6.45) is -4.70. The first-order valence-corrected chi connectivity index (χ1v) is 8.35. The molecule has 0 aliphatic heterocycles. The summed E-state index contributed by atoms with van der Waals surface area (Å²) in [5.41, 5.74) is 5.87. The van der Waals surface area contributed by atoms with Crippen molar-refractivity contribution < 1.29 is 62.2 Å². The molecule has 2 aromatic carbocycles. The molecule has 1 atom stereocenters. The standard InChI is InChI=1S/C18H6F12N2O2/c19-2-1-3(20)18(17(30)4(2)21,33-15-9(26)5(22)13(31)6(23)10(15)27)34-16-11(28)7(24)14(32)8(25)12(16)29/h1,17H,31-32H2. The average molecular weight is 510 g/mol. The van der Waals surface area contributed by atoms with Crippen molar-refractivity contribution in [3.8, 4) is 11.5 Å². The van der Waals surface area contributed by atoms with Crippen LogP contribution in [0.1, 0.15) is 0 Å². The molecule has 0 saturated heterocycles. The maximum atomic E-state index is 14.7. The number of nitrogens with two attached hydrogens (primary N) is 2. The number of benzene rings is 2. The molecule has 0 radical (unpaired) electrons. The van der Waals surface area contributed by atoms with Gasteiger partial charge in [-0.3, -0.25) is 0 Å². The van der Waals surface area contributed by atoms with Gasteiger partial charge in [-0.05, 0) is 0 Å². The SMILES string of the molecule is Nc1c(F)c(F)c(OC2(Oc3c(F)c(F)c(N)c(F)c3F)C(F)=CC(F)=C(F)C2F)c(F)c1F. The second kappa shape index (κ2) is 8.25. The van der Waals surface area contributed by atoms with E-state index in [-0.39, 0.29) is 0 Å². The highest BCUT2D eigenvalue weighted by Crippen LogP contribution is 2.46. The summed E-state index contributed by atoms with van der Waals surface area (Å²) < 4.78 is 177. The first-order chi connectivity index (χ1) is 15.7. The minimum atomic E-state index is -4.58. The molecule has 1 unspecified atom stereocenters. The monoisotopic (exact) mass is 510 g/mol. The van der Waals surface area contributed by atoms with Crippen LogP contribution < -0.4 is 20.9 Å². The number of alkyl halides is 1. The number of hydrogen-bond acceptors (Lipinski definition) is 4. The second-order valence-corrected chi connectivity index (χ2v) is 6.42. The Morgan fingerprint density at radius 1 is 0.588 bits per heavy atom. The summed E-state index contributed by atoms with van der Waals surface area (Å²) in [6.45, 7) is 0. The highest BCUT2D eigenvalue weighted by atomic mass is 19.2. The van der Waals surface area contributed by atoms with Gasteiger partial charge in [0.25, 0.3) is 0 Å². The Bertz CT molecular complexity index is 1150. The van der Waals surface area contributed by atoms with Crippen LogP contribution in [0.3, 0.4) is 0 Å². The fourth-order valence-electron chi connectivity index (χ4n) is 2.65. The zero-order valence-corrected chi connectivity index (χ0v) is 15.7. The number of halogens is 12. The largest absolute Gasteiger partial charge is 0.437 e. The summed E-state index contributed by atoms with van der Waals surface area (Å²) in [7, 11) is 0. The van der Waals surface area contributed by atoms with E-state index in [0.717, 1.165) is 0 Å². The van der Waals surface area contributed by atoms with Gasteiger partial charge >= 0.3 is 5.79 Å². The van der Waals surface area contributed by atoms with Crippen LogP contribution in [0.5, 0.6) is 11.5 Å². The number of ether oxygens (including phenoxy) is 2. The minimum absolute atomic E-state index is 0.620. The van der Waals surface area contributed by atoms with Gasteiger partial charge in [0.15, 0.2) is 40.7 Å². The van der Waals surface area contributed by atoms with E-state index >= 15 is 0 Å². The highest BCUT2D eigenvalue weighted by molar-refractivity contribution is 5.50. The summed E-state index contributed by atoms with van der Waals surface area (Å²) in [4.78, 5) is 0. The molecule has 3 rings (SSSR count). The molecule has 0 heterocycles. The number of allylic oxidation sites excluding steroid dienone is 2. The lowest BCUT2D eigenvalue weighted by molar-refractivity contribution is -0.149. The predicted molar refractivity (Wildman–Crippen MR) is 88.7 cm³/mol. The van der Waals surface area contributed by atoms with Crippen LogP contribution in [0.15, 0.2) is 23.6 Å².